The first-order chi connectivity index (χ1) is 16.9. The van der Waals surface area contributed by atoms with E-state index in [9.17, 15) is 19.5 Å². The highest BCUT2D eigenvalue weighted by atomic mass is 16.5. The number of amides is 2. The molecular weight excluding hydrogens is 452 g/mol. The van der Waals surface area contributed by atoms with Crippen LogP contribution in [0.2, 0.25) is 0 Å². The van der Waals surface area contributed by atoms with Crippen LogP contribution < -0.4 is 10.6 Å². The smallest absolute Gasteiger partial charge is 0.411 e. The number of aromatic nitrogens is 2. The number of carbonyl (C=O) groups excluding carboxylic acids is 2. The Bertz CT molecular complexity index is 1260. The molecule has 180 valence electrons. The van der Waals surface area contributed by atoms with Gasteiger partial charge in [0.25, 0.3) is 5.91 Å². The lowest BCUT2D eigenvalue weighted by Gasteiger charge is -2.16. The number of fused-ring (bicyclic) bond motifs is 3. The van der Waals surface area contributed by atoms with Gasteiger partial charge in [-0.05, 0) is 28.7 Å². The van der Waals surface area contributed by atoms with Gasteiger partial charge in [-0.3, -0.25) is 14.8 Å². The van der Waals surface area contributed by atoms with Gasteiger partial charge in [0, 0.05) is 25.8 Å². The Balaban J connectivity index is 1.26. The van der Waals surface area contributed by atoms with Crippen LogP contribution in [0.4, 0.5) is 10.5 Å². The number of aliphatic carboxylic acids is 1. The number of nitrogens with one attached hydrogen (secondary N) is 2. The molecular formula is C25H24N4O6. The van der Waals surface area contributed by atoms with Crippen LogP contribution in [0, 0.1) is 0 Å². The fourth-order valence-corrected chi connectivity index (χ4v) is 4.71. The maximum atomic E-state index is 12.8. The normalized spacial score (nSPS) is 18.5. The number of hydrogen-bond donors (Lipinski definition) is 3. The van der Waals surface area contributed by atoms with Crippen LogP contribution in [-0.4, -0.2) is 58.2 Å². The molecule has 1 fully saturated rings. The molecule has 2 unspecified atom stereocenters. The van der Waals surface area contributed by atoms with Gasteiger partial charge < -0.3 is 19.9 Å². The predicted molar refractivity (Wildman–Crippen MR) is 125 cm³/mol. The zero-order chi connectivity index (χ0) is 24.5. The Labute approximate surface area is 200 Å². The summed E-state index contributed by atoms with van der Waals surface area (Å²) in [6.45, 7) is 0.357. The summed E-state index contributed by atoms with van der Waals surface area (Å²) in [4.78, 5) is 36.8. The molecule has 1 aliphatic carbocycles. The van der Waals surface area contributed by atoms with E-state index in [0.717, 1.165) is 22.3 Å². The Kier molecular flexibility index (Phi) is 5.96. The van der Waals surface area contributed by atoms with Crippen molar-refractivity contribution >= 4 is 23.7 Å². The van der Waals surface area contributed by atoms with Crippen molar-refractivity contribution in [3.8, 4) is 11.1 Å². The van der Waals surface area contributed by atoms with E-state index in [2.05, 4.69) is 27.9 Å². The van der Waals surface area contributed by atoms with E-state index in [-0.39, 0.29) is 30.5 Å². The van der Waals surface area contributed by atoms with Crippen LogP contribution in [-0.2, 0) is 21.3 Å². The summed E-state index contributed by atoms with van der Waals surface area (Å²) < 4.78 is 12.1. The highest BCUT2D eigenvalue weighted by Crippen LogP contribution is 2.44. The van der Waals surface area contributed by atoms with Crippen LogP contribution in [0.5, 0.6) is 0 Å². The van der Waals surface area contributed by atoms with E-state index in [4.69, 9.17) is 9.47 Å². The van der Waals surface area contributed by atoms with Crippen LogP contribution in [0.1, 0.15) is 34.0 Å². The number of benzene rings is 2. The van der Waals surface area contributed by atoms with Crippen molar-refractivity contribution in [1.82, 2.24) is 15.1 Å². The predicted octanol–water partition coefficient (Wildman–Crippen LogP) is 2.75. The SMILES string of the molecule is Cn1cc(NC(=O)OCC2c3ccccc3-c3ccccc32)c(C(=O)NC2CCOC2C(=O)O)n1. The molecule has 5 rings (SSSR count). The minimum Gasteiger partial charge on any atom is -0.479 e. The molecule has 0 bridgehead atoms. The maximum absolute atomic E-state index is 12.8. The zero-order valence-corrected chi connectivity index (χ0v) is 18.9. The summed E-state index contributed by atoms with van der Waals surface area (Å²) in [6.07, 6.45) is 0.00337. The highest BCUT2D eigenvalue weighted by Gasteiger charge is 2.36. The van der Waals surface area contributed by atoms with Crippen LogP contribution in [0.25, 0.3) is 11.1 Å². The topological polar surface area (TPSA) is 132 Å². The summed E-state index contributed by atoms with van der Waals surface area (Å²) in [5.41, 5.74) is 4.55. The largest absolute Gasteiger partial charge is 0.479 e. The van der Waals surface area contributed by atoms with Gasteiger partial charge in [-0.15, -0.1) is 0 Å². The summed E-state index contributed by atoms with van der Waals surface area (Å²) >= 11 is 0. The van der Waals surface area contributed by atoms with Gasteiger partial charge in [0.1, 0.15) is 6.61 Å². The van der Waals surface area contributed by atoms with Crippen LogP contribution in [0.15, 0.2) is 54.7 Å². The number of carboxylic acid groups (broad SMARTS) is 1. The van der Waals surface area contributed by atoms with Gasteiger partial charge >= 0.3 is 12.1 Å². The second kappa shape index (κ2) is 9.22. The van der Waals surface area contributed by atoms with Crippen molar-refractivity contribution in [2.45, 2.75) is 24.5 Å². The molecule has 2 aliphatic rings. The maximum Gasteiger partial charge on any atom is 0.411 e. The molecule has 0 spiro atoms. The average molecular weight is 476 g/mol. The molecule has 2 aromatic carbocycles. The highest BCUT2D eigenvalue weighted by molar-refractivity contribution is 6.01. The number of carboxylic acids is 1. The van der Waals surface area contributed by atoms with Gasteiger partial charge in [0.2, 0.25) is 0 Å². The minimum absolute atomic E-state index is 0.0444. The lowest BCUT2D eigenvalue weighted by molar-refractivity contribution is -0.148. The lowest BCUT2D eigenvalue weighted by Crippen LogP contribution is -2.44. The van der Waals surface area contributed by atoms with Crippen molar-refractivity contribution in [3.63, 3.8) is 0 Å². The molecule has 1 saturated heterocycles. The third-order valence-corrected chi connectivity index (χ3v) is 6.28. The van der Waals surface area contributed by atoms with Gasteiger partial charge in [0.15, 0.2) is 11.8 Å². The number of nitrogens with zero attached hydrogens (tertiary/aromatic N) is 2. The second-order valence-electron chi connectivity index (χ2n) is 8.51. The van der Waals surface area contributed by atoms with Gasteiger partial charge in [-0.25, -0.2) is 9.59 Å². The second-order valence-corrected chi connectivity index (χ2v) is 8.51. The van der Waals surface area contributed by atoms with E-state index in [1.165, 1.54) is 10.9 Å². The minimum atomic E-state index is -1.15. The summed E-state index contributed by atoms with van der Waals surface area (Å²) in [6, 6.07) is 15.4. The fourth-order valence-electron chi connectivity index (χ4n) is 4.71. The third-order valence-electron chi connectivity index (χ3n) is 6.28. The third kappa shape index (κ3) is 4.35. The molecule has 3 aromatic rings. The number of carbonyl (C=O) groups is 3. The summed E-state index contributed by atoms with van der Waals surface area (Å²) in [5, 5.41) is 18.6. The summed E-state index contributed by atoms with van der Waals surface area (Å²) in [5.74, 6) is -1.85. The molecule has 0 radical (unpaired) electrons. The van der Waals surface area contributed by atoms with E-state index < -0.39 is 30.1 Å². The van der Waals surface area contributed by atoms with Gasteiger partial charge in [-0.2, -0.15) is 5.10 Å². The molecule has 1 aromatic heterocycles. The number of anilines is 1. The van der Waals surface area contributed by atoms with Crippen molar-refractivity contribution < 1.29 is 29.0 Å². The number of ether oxygens (including phenoxy) is 2. The van der Waals surface area contributed by atoms with Crippen LogP contribution in [0.3, 0.4) is 0 Å². The first-order valence-electron chi connectivity index (χ1n) is 11.2. The van der Waals surface area contributed by atoms with Gasteiger partial charge in [0.05, 0.1) is 11.7 Å². The lowest BCUT2D eigenvalue weighted by atomic mass is 9.98. The molecule has 2 atom stereocenters. The van der Waals surface area contributed by atoms with Crippen molar-refractivity contribution in [3.05, 3.63) is 71.5 Å². The molecule has 2 amide bonds. The summed E-state index contributed by atoms with van der Waals surface area (Å²) in [7, 11) is 1.61. The van der Waals surface area contributed by atoms with E-state index in [0.29, 0.717) is 6.42 Å². The molecule has 10 nitrogen and oxygen atoms in total. The first kappa shape index (κ1) is 22.6. The van der Waals surface area contributed by atoms with Crippen molar-refractivity contribution in [2.75, 3.05) is 18.5 Å². The Morgan fingerprint density at radius 3 is 2.43 bits per heavy atom. The van der Waals surface area contributed by atoms with E-state index in [1.807, 2.05) is 36.4 Å². The molecule has 0 saturated carbocycles. The van der Waals surface area contributed by atoms with E-state index in [1.54, 1.807) is 7.05 Å². The standard InChI is InChI=1S/C25H24N4O6/c1-29-12-20(21(28-29)23(30)26-19-10-11-34-22(19)24(31)32)27-25(33)35-13-18-16-8-4-2-6-14(16)15-7-3-5-9-17(15)18/h2-9,12,18-19,22H,10-11,13H2,1H3,(H,26,30)(H,27,33)(H,31,32). The molecule has 3 N–H and O–H groups in total. The van der Waals surface area contributed by atoms with E-state index >= 15 is 0 Å². The Hall–Kier alpha value is -4.18. The molecule has 35 heavy (non-hydrogen) atoms. The Morgan fingerprint density at radius 1 is 1.11 bits per heavy atom. The van der Waals surface area contributed by atoms with Crippen LogP contribution >= 0.6 is 0 Å². The number of hydrogen-bond acceptors (Lipinski definition) is 6. The monoisotopic (exact) mass is 476 g/mol. The first-order valence-corrected chi connectivity index (χ1v) is 11.2. The average Bonchev–Trinajstić information content (AvgIpc) is 3.53. The zero-order valence-electron chi connectivity index (χ0n) is 18.9. The number of rotatable bonds is 6. The Morgan fingerprint density at radius 2 is 1.77 bits per heavy atom. The molecule has 2 heterocycles. The van der Waals surface area contributed by atoms with Crippen molar-refractivity contribution in [1.29, 1.82) is 0 Å². The quantitative estimate of drug-likeness (QED) is 0.498. The van der Waals surface area contributed by atoms with Gasteiger partial charge in [-0.1, -0.05) is 48.5 Å². The van der Waals surface area contributed by atoms with Crippen molar-refractivity contribution in [2.24, 2.45) is 7.05 Å². The fraction of sp³-hybridized carbons (Fsp3) is 0.280. The number of aryl methyl sites for hydroxylation is 1. The molecule has 1 aliphatic heterocycles. The molecule has 10 heteroatoms.